The van der Waals surface area contributed by atoms with E-state index in [0.717, 1.165) is 0 Å². The third kappa shape index (κ3) is 19.7. The minimum absolute atomic E-state index is 0. The Morgan fingerprint density at radius 2 is 1.20 bits per heavy atom. The zero-order valence-electron chi connectivity index (χ0n) is 1.62. The summed E-state index contributed by atoms with van der Waals surface area (Å²) in [4.78, 5) is 0. The first-order valence-electron chi connectivity index (χ1n) is 0.204. The van der Waals surface area contributed by atoms with E-state index in [-0.39, 0.29) is 88.5 Å². The molecule has 0 heterocycles. The summed E-state index contributed by atoms with van der Waals surface area (Å²) >= 11 is 0. The second kappa shape index (κ2) is 28.5. The van der Waals surface area contributed by atoms with Crippen LogP contribution in [0.4, 0.5) is 0 Å². The van der Waals surface area contributed by atoms with Crippen LogP contribution in [0.3, 0.4) is 0 Å². The summed E-state index contributed by atoms with van der Waals surface area (Å²) < 4.78 is 8.06. The predicted octanol–water partition coefficient (Wildman–Crippen LogP) is -1.63. The van der Waals surface area contributed by atoms with Crippen molar-refractivity contribution in [2.75, 3.05) is 0 Å². The van der Waals surface area contributed by atoms with Crippen molar-refractivity contribution in [1.29, 1.82) is 0 Å². The maximum atomic E-state index is 8.06. The molecule has 1 nitrogen and oxygen atoms in total. The summed E-state index contributed by atoms with van der Waals surface area (Å²) in [6.45, 7) is 0. The fourth-order valence-electron chi connectivity index (χ4n) is 0. The molecule has 0 aromatic heterocycles. The van der Waals surface area contributed by atoms with Gasteiger partial charge >= 0.3 is 69.0 Å². The number of hydrogen-bond acceptors (Lipinski definition) is 1. The van der Waals surface area contributed by atoms with Crippen molar-refractivity contribution in [3.63, 3.8) is 0 Å². The summed E-state index contributed by atoms with van der Waals surface area (Å²) in [7, 11) is 1.72. The molecule has 0 aliphatic heterocycles. The van der Waals surface area contributed by atoms with Crippen LogP contribution in [0.1, 0.15) is 0 Å². The zero-order valence-corrected chi connectivity index (χ0v) is 5.58. The molecule has 5 heavy (non-hydrogen) atoms. The van der Waals surface area contributed by atoms with Gasteiger partial charge in [-0.15, -0.1) is 0 Å². The Morgan fingerprint density at radius 3 is 1.20 bits per heavy atom. The van der Waals surface area contributed by atoms with E-state index in [1.54, 1.807) is 9.12 Å². The first kappa shape index (κ1) is 24.7. The van der Waals surface area contributed by atoms with Crippen LogP contribution in [0, 0.1) is 0 Å². The van der Waals surface area contributed by atoms with Gasteiger partial charge in [-0.25, -0.2) is 0 Å². The Balaban J connectivity index is -0.00000000167. The summed E-state index contributed by atoms with van der Waals surface area (Å²) in [5, 5.41) is 0. The van der Waals surface area contributed by atoms with Crippen molar-refractivity contribution in [3.05, 3.63) is 0 Å². The normalized spacial score (nSPS) is 0.800. The van der Waals surface area contributed by atoms with Gasteiger partial charge in [0.2, 0.25) is 0 Å². The zero-order chi connectivity index (χ0) is 2.00. The minimum atomic E-state index is 0. The summed E-state index contributed by atoms with van der Waals surface area (Å²) in [6, 6.07) is 0. The number of hydrogen-bond donors (Lipinski definition) is 0. The van der Waals surface area contributed by atoms with Crippen LogP contribution in [0.2, 0.25) is 0 Å². The second-order valence-electron chi connectivity index (χ2n) is 0. The molecule has 0 saturated heterocycles. The van der Waals surface area contributed by atoms with Crippen molar-refractivity contribution in [2.45, 2.75) is 0 Å². The van der Waals surface area contributed by atoms with Gasteiger partial charge in [0.15, 0.2) is 0 Å². The van der Waals surface area contributed by atoms with Gasteiger partial charge in [0, 0.05) is 19.5 Å². The van der Waals surface area contributed by atoms with Crippen molar-refractivity contribution < 1.29 is 24.0 Å². The Labute approximate surface area is 99.8 Å². The molecule has 0 amide bonds. The molecule has 0 aromatic carbocycles. The van der Waals surface area contributed by atoms with Crippen LogP contribution in [0.5, 0.6) is 0 Å². The SMILES string of the molecule is O=P.[GeH4].[KH].[Zn]. The molecule has 0 fully saturated rings. The van der Waals surface area contributed by atoms with Crippen LogP contribution in [0.25, 0.3) is 0 Å². The topological polar surface area (TPSA) is 17.1 Å². The van der Waals surface area contributed by atoms with E-state index in [1.807, 2.05) is 0 Å². The smallest absolute Gasteiger partial charge is 0 e. The maximum Gasteiger partial charge on any atom is 0 e. The van der Waals surface area contributed by atoms with E-state index in [1.165, 1.54) is 0 Å². The van der Waals surface area contributed by atoms with Crippen LogP contribution in [0.15, 0.2) is 0 Å². The molecule has 0 aliphatic carbocycles. The van der Waals surface area contributed by atoms with Gasteiger partial charge in [-0.05, 0) is 0 Å². The monoisotopic (exact) mass is 230 g/mol. The molecule has 0 atom stereocenters. The molecule has 0 rings (SSSR count). The molecule has 0 saturated carbocycles. The fourth-order valence-corrected chi connectivity index (χ4v) is 0. The van der Waals surface area contributed by atoms with Gasteiger partial charge in [-0.2, -0.15) is 0 Å². The van der Waals surface area contributed by atoms with Crippen molar-refractivity contribution in [1.82, 2.24) is 0 Å². The van der Waals surface area contributed by atoms with Crippen molar-refractivity contribution >= 4 is 78.1 Å². The van der Waals surface area contributed by atoms with Gasteiger partial charge in [0.05, 0.1) is 0 Å². The standard InChI is InChI=1S/GeH4.K.HOP.Zn.H/c;;1-2;;/h1H4;;2H;;. The van der Waals surface area contributed by atoms with Crippen molar-refractivity contribution in [3.8, 4) is 0 Å². The average molecular weight is 230 g/mol. The molecule has 0 aliphatic rings. The third-order valence-electron chi connectivity index (χ3n) is 0. The van der Waals surface area contributed by atoms with E-state index in [0.29, 0.717) is 0 Å². The van der Waals surface area contributed by atoms with E-state index in [4.69, 9.17) is 4.57 Å². The Hall–Kier alpha value is 2.90. The Bertz CT molecular complexity index is 11.6. The van der Waals surface area contributed by atoms with E-state index < -0.39 is 0 Å². The Kier molecular flexibility index (Phi) is 141. The molecular weight excluding hydrogens is 224 g/mol. The van der Waals surface area contributed by atoms with Gasteiger partial charge in [-0.1, -0.05) is 0 Å². The van der Waals surface area contributed by atoms with Crippen LogP contribution >= 0.6 is 9.12 Å². The average Bonchev–Trinajstić information content (AvgIpc) is 1.00. The van der Waals surface area contributed by atoms with Crippen LogP contribution in [-0.2, 0) is 24.0 Å². The van der Waals surface area contributed by atoms with E-state index in [9.17, 15) is 0 Å². The molecule has 5 heteroatoms. The van der Waals surface area contributed by atoms with Gasteiger partial charge in [0.25, 0.3) is 0 Å². The first-order chi connectivity index (χ1) is 1.00. The maximum absolute atomic E-state index is 8.06. The molecule has 0 N–H and O–H groups in total. The summed E-state index contributed by atoms with van der Waals surface area (Å²) in [6.07, 6.45) is 0. The van der Waals surface area contributed by atoms with Crippen LogP contribution < -0.4 is 0 Å². The van der Waals surface area contributed by atoms with E-state index >= 15 is 0 Å². The van der Waals surface area contributed by atoms with Gasteiger partial charge in [-0.3, -0.25) is 4.57 Å². The molecular formula is H6GeKOPZn. The molecule has 0 radical (unpaired) electrons. The summed E-state index contributed by atoms with van der Waals surface area (Å²) in [5.41, 5.74) is 0. The van der Waals surface area contributed by atoms with Crippen molar-refractivity contribution in [2.24, 2.45) is 0 Å². The quantitative estimate of drug-likeness (QED) is 0.361. The minimum Gasteiger partial charge on any atom is 0 e. The number of rotatable bonds is 0. The molecule has 0 aromatic rings. The van der Waals surface area contributed by atoms with Gasteiger partial charge in [0.1, 0.15) is 9.12 Å². The second-order valence-corrected chi connectivity index (χ2v) is 0. The van der Waals surface area contributed by atoms with Gasteiger partial charge < -0.3 is 0 Å². The predicted molar refractivity (Wildman–Crippen MR) is 27.5 cm³/mol. The van der Waals surface area contributed by atoms with E-state index in [2.05, 4.69) is 0 Å². The molecule has 0 spiro atoms. The molecule has 24 valence electrons. The molecule has 0 bridgehead atoms. The molecule has 0 unspecified atom stereocenters. The first-order valence-corrected chi connectivity index (χ1v) is 0.612. The Morgan fingerprint density at radius 1 is 1.20 bits per heavy atom. The fraction of sp³-hybridized carbons (Fsp3) is 0. The largest absolute Gasteiger partial charge is 0 e. The van der Waals surface area contributed by atoms with Crippen LogP contribution in [-0.4, -0.2) is 69.0 Å². The third-order valence-corrected chi connectivity index (χ3v) is 0. The summed E-state index contributed by atoms with van der Waals surface area (Å²) in [5.74, 6) is 0.